The number of carbonyl (C=O) groups excluding carboxylic acids is 1. The van der Waals surface area contributed by atoms with Crippen LogP contribution in [0.5, 0.6) is 0 Å². The fourth-order valence-electron chi connectivity index (χ4n) is 2.74. The molecule has 1 aromatic carbocycles. The number of aliphatic hydroxyl groups is 1. The van der Waals surface area contributed by atoms with Crippen molar-refractivity contribution in [2.45, 2.75) is 44.9 Å². The Morgan fingerprint density at radius 3 is 2.86 bits per heavy atom. The molecule has 1 aliphatic rings. The van der Waals surface area contributed by atoms with Crippen molar-refractivity contribution < 1.29 is 14.6 Å². The average Bonchev–Trinajstić information content (AvgIpc) is 2.49. The fraction of sp³-hybridized carbons (Fsp3) is 0.471. The highest BCUT2D eigenvalue weighted by atomic mass is 16.5. The molecular formula is C17H23NO3. The summed E-state index contributed by atoms with van der Waals surface area (Å²) in [5, 5.41) is 12.7. The summed E-state index contributed by atoms with van der Waals surface area (Å²) in [4.78, 5) is 11.9. The van der Waals surface area contributed by atoms with E-state index in [0.717, 1.165) is 18.4 Å². The van der Waals surface area contributed by atoms with E-state index in [2.05, 4.69) is 5.32 Å². The van der Waals surface area contributed by atoms with Crippen LogP contribution in [0.25, 0.3) is 0 Å². The van der Waals surface area contributed by atoms with Crippen LogP contribution in [-0.4, -0.2) is 23.3 Å². The molecule has 2 N–H and O–H groups in total. The van der Waals surface area contributed by atoms with E-state index < -0.39 is 6.09 Å². The molecule has 114 valence electrons. The lowest BCUT2D eigenvalue weighted by Gasteiger charge is -2.32. The molecular weight excluding hydrogens is 266 g/mol. The third-order valence-electron chi connectivity index (χ3n) is 3.83. The van der Waals surface area contributed by atoms with E-state index in [1.807, 2.05) is 49.4 Å². The molecule has 0 heterocycles. The lowest BCUT2D eigenvalue weighted by Crippen LogP contribution is -2.44. The molecule has 0 radical (unpaired) electrons. The highest BCUT2D eigenvalue weighted by molar-refractivity contribution is 5.67. The fourth-order valence-corrected chi connectivity index (χ4v) is 2.74. The Kier molecular flexibility index (Phi) is 5.81. The van der Waals surface area contributed by atoms with Crippen molar-refractivity contribution in [2.75, 3.05) is 0 Å². The van der Waals surface area contributed by atoms with Crippen LogP contribution in [0, 0.1) is 5.92 Å². The topological polar surface area (TPSA) is 58.6 Å². The number of allylic oxidation sites excluding steroid dienone is 1. The Labute approximate surface area is 125 Å². The van der Waals surface area contributed by atoms with E-state index in [1.165, 1.54) is 0 Å². The first-order chi connectivity index (χ1) is 10.2. The van der Waals surface area contributed by atoms with E-state index in [1.54, 1.807) is 0 Å². The van der Waals surface area contributed by atoms with Crippen LogP contribution in [0.4, 0.5) is 4.79 Å². The maximum atomic E-state index is 11.9. The molecule has 2 rings (SSSR count). The van der Waals surface area contributed by atoms with Crippen LogP contribution in [0.2, 0.25) is 0 Å². The van der Waals surface area contributed by atoms with Crippen molar-refractivity contribution in [1.82, 2.24) is 5.32 Å². The summed E-state index contributed by atoms with van der Waals surface area (Å²) >= 11 is 0. The lowest BCUT2D eigenvalue weighted by atomic mass is 9.82. The zero-order valence-corrected chi connectivity index (χ0v) is 12.4. The van der Waals surface area contributed by atoms with Crippen LogP contribution < -0.4 is 5.32 Å². The number of ether oxygens (including phenoxy) is 1. The number of nitrogens with one attached hydrogen (secondary N) is 1. The van der Waals surface area contributed by atoms with Gasteiger partial charge in [0, 0.05) is 6.04 Å². The van der Waals surface area contributed by atoms with Crippen molar-refractivity contribution in [3.05, 3.63) is 48.0 Å². The smallest absolute Gasteiger partial charge is 0.407 e. The lowest BCUT2D eigenvalue weighted by molar-refractivity contribution is 0.0867. The number of hydrogen-bond acceptors (Lipinski definition) is 3. The molecule has 0 aromatic heterocycles. The number of aliphatic hydroxyl groups excluding tert-OH is 1. The van der Waals surface area contributed by atoms with Crippen LogP contribution >= 0.6 is 0 Å². The first-order valence-electron chi connectivity index (χ1n) is 7.47. The molecule has 1 aromatic rings. The minimum atomic E-state index is -0.394. The molecule has 21 heavy (non-hydrogen) atoms. The van der Waals surface area contributed by atoms with Gasteiger partial charge in [-0.05, 0) is 37.7 Å². The van der Waals surface area contributed by atoms with Crippen molar-refractivity contribution in [1.29, 1.82) is 0 Å². The predicted molar refractivity (Wildman–Crippen MR) is 81.7 cm³/mol. The van der Waals surface area contributed by atoms with Gasteiger partial charge in [-0.25, -0.2) is 4.79 Å². The maximum Gasteiger partial charge on any atom is 0.407 e. The first-order valence-corrected chi connectivity index (χ1v) is 7.47. The molecule has 0 unspecified atom stereocenters. The summed E-state index contributed by atoms with van der Waals surface area (Å²) in [6.45, 7) is 2.22. The molecule has 1 fully saturated rings. The molecule has 4 nitrogen and oxygen atoms in total. The maximum absolute atomic E-state index is 11.9. The van der Waals surface area contributed by atoms with Crippen LogP contribution in [-0.2, 0) is 11.3 Å². The third-order valence-corrected chi connectivity index (χ3v) is 3.83. The third kappa shape index (κ3) is 4.90. The van der Waals surface area contributed by atoms with Crippen molar-refractivity contribution in [3.63, 3.8) is 0 Å². The summed E-state index contributed by atoms with van der Waals surface area (Å²) in [5.41, 5.74) is 0.969. The molecule has 4 heteroatoms. The number of amides is 1. The molecule has 3 atom stereocenters. The molecule has 1 aliphatic carbocycles. The summed E-state index contributed by atoms with van der Waals surface area (Å²) in [5.74, 6) is 0.169. The molecule has 1 saturated carbocycles. The van der Waals surface area contributed by atoms with Gasteiger partial charge in [-0.2, -0.15) is 0 Å². The summed E-state index contributed by atoms with van der Waals surface area (Å²) in [6, 6.07) is 9.65. The first kappa shape index (κ1) is 15.6. The van der Waals surface area contributed by atoms with Gasteiger partial charge in [-0.3, -0.25) is 0 Å². The summed E-state index contributed by atoms with van der Waals surface area (Å²) < 4.78 is 5.25. The predicted octanol–water partition coefficient (Wildman–Crippen LogP) is 3.02. The Morgan fingerprint density at radius 2 is 2.14 bits per heavy atom. The largest absolute Gasteiger partial charge is 0.445 e. The highest BCUT2D eigenvalue weighted by Crippen LogP contribution is 2.26. The zero-order chi connectivity index (χ0) is 15.1. The van der Waals surface area contributed by atoms with E-state index >= 15 is 0 Å². The van der Waals surface area contributed by atoms with Crippen molar-refractivity contribution in [2.24, 2.45) is 5.92 Å². The molecule has 0 spiro atoms. The standard InChI is InChI=1S/C17H23NO3/c1-2-6-14-11-15(19)9-10-16(14)18-17(20)21-12-13-7-4-3-5-8-13/h2-8,14-16,19H,9-12H2,1H3,(H,18,20)/t14-,15+,16-/m0/s1. The van der Waals surface area contributed by atoms with Crippen molar-refractivity contribution in [3.8, 4) is 0 Å². The quantitative estimate of drug-likeness (QED) is 0.838. The number of benzene rings is 1. The van der Waals surface area contributed by atoms with E-state index in [9.17, 15) is 9.90 Å². The number of rotatable bonds is 4. The Balaban J connectivity index is 1.83. The molecule has 0 saturated heterocycles. The second-order valence-corrected chi connectivity index (χ2v) is 5.47. The summed E-state index contributed by atoms with van der Waals surface area (Å²) in [7, 11) is 0. The molecule has 0 bridgehead atoms. The number of carbonyl (C=O) groups is 1. The van der Waals surface area contributed by atoms with E-state index in [-0.39, 0.29) is 24.7 Å². The number of hydrogen-bond donors (Lipinski definition) is 2. The monoisotopic (exact) mass is 289 g/mol. The zero-order valence-electron chi connectivity index (χ0n) is 12.4. The van der Waals surface area contributed by atoms with Gasteiger partial charge in [0.2, 0.25) is 0 Å². The van der Waals surface area contributed by atoms with E-state index in [4.69, 9.17) is 4.74 Å². The Bertz CT molecular complexity index is 472. The Morgan fingerprint density at radius 1 is 1.38 bits per heavy atom. The normalized spacial score (nSPS) is 25.7. The minimum absolute atomic E-state index is 0.0351. The van der Waals surface area contributed by atoms with Crippen LogP contribution in [0.3, 0.4) is 0 Å². The Hall–Kier alpha value is -1.81. The van der Waals surface area contributed by atoms with Gasteiger partial charge in [0.05, 0.1) is 6.10 Å². The average molecular weight is 289 g/mol. The van der Waals surface area contributed by atoms with Crippen molar-refractivity contribution >= 4 is 6.09 Å². The second-order valence-electron chi connectivity index (χ2n) is 5.47. The second kappa shape index (κ2) is 7.84. The highest BCUT2D eigenvalue weighted by Gasteiger charge is 2.29. The van der Waals surface area contributed by atoms with E-state index in [0.29, 0.717) is 6.42 Å². The van der Waals surface area contributed by atoms with Gasteiger partial charge in [0.15, 0.2) is 0 Å². The van der Waals surface area contributed by atoms with Gasteiger partial charge in [0.1, 0.15) is 6.61 Å². The van der Waals surface area contributed by atoms with Crippen LogP contribution in [0.1, 0.15) is 31.7 Å². The van der Waals surface area contributed by atoms with Gasteiger partial charge in [0.25, 0.3) is 0 Å². The molecule has 0 aliphatic heterocycles. The van der Waals surface area contributed by atoms with Gasteiger partial charge >= 0.3 is 6.09 Å². The van der Waals surface area contributed by atoms with Gasteiger partial charge in [-0.15, -0.1) is 0 Å². The van der Waals surface area contributed by atoms with Gasteiger partial charge < -0.3 is 15.2 Å². The molecule has 1 amide bonds. The minimum Gasteiger partial charge on any atom is -0.445 e. The summed E-state index contributed by atoms with van der Waals surface area (Å²) in [6.07, 6.45) is 5.53. The SMILES string of the molecule is CC=C[C@H]1C[C@H](O)CC[C@@H]1NC(=O)OCc1ccccc1. The number of alkyl carbamates (subject to hydrolysis) is 1. The van der Waals surface area contributed by atoms with Crippen LogP contribution in [0.15, 0.2) is 42.5 Å². The van der Waals surface area contributed by atoms with Gasteiger partial charge in [-0.1, -0.05) is 42.5 Å².